The van der Waals surface area contributed by atoms with Gasteiger partial charge in [0, 0.05) is 37.3 Å². The summed E-state index contributed by atoms with van der Waals surface area (Å²) in [7, 11) is 5.17. The Kier molecular flexibility index (Phi) is 14.1. The Morgan fingerprint density at radius 2 is 1.44 bits per heavy atom. The molecule has 3 aliphatic rings. The van der Waals surface area contributed by atoms with E-state index in [-0.39, 0.29) is 25.0 Å². The Labute approximate surface area is 297 Å². The zero-order valence-corrected chi connectivity index (χ0v) is 32.2. The highest BCUT2D eigenvalue weighted by Crippen LogP contribution is 2.40. The molecule has 3 fully saturated rings. The second-order valence-corrected chi connectivity index (χ2v) is 16.2. The number of likely N-dealkylation sites (N-methyl/N-ethyl adjacent to an activating group) is 1. The minimum Gasteiger partial charge on any atom is -0.459 e. The van der Waals surface area contributed by atoms with Gasteiger partial charge in [0.15, 0.2) is 12.6 Å². The van der Waals surface area contributed by atoms with Crippen LogP contribution >= 0.6 is 0 Å². The van der Waals surface area contributed by atoms with Crippen molar-refractivity contribution in [1.29, 1.82) is 0 Å². The number of hydrogen-bond acceptors (Lipinski definition) is 14. The fraction of sp³-hybridized carbons (Fsp3) is 0.944. The van der Waals surface area contributed by atoms with Gasteiger partial charge in [-0.1, -0.05) is 20.8 Å². The first-order valence-corrected chi connectivity index (χ1v) is 18.0. The maximum absolute atomic E-state index is 13.9. The Hall–Kier alpha value is -1.30. The van der Waals surface area contributed by atoms with E-state index < -0.39 is 108 Å². The molecule has 18 atom stereocenters. The topological polar surface area (TPSA) is 194 Å². The summed E-state index contributed by atoms with van der Waals surface area (Å²) in [5, 5.41) is 57.2. The number of ether oxygens (including phenoxy) is 6. The van der Waals surface area contributed by atoms with Crippen LogP contribution in [0, 0.1) is 23.7 Å². The van der Waals surface area contributed by atoms with E-state index in [1.165, 1.54) is 34.8 Å². The summed E-state index contributed by atoms with van der Waals surface area (Å²) in [6.45, 7) is 16.0. The molecular weight excluding hydrogens is 654 g/mol. The molecule has 0 aromatic rings. The van der Waals surface area contributed by atoms with Crippen LogP contribution in [-0.2, 0) is 38.0 Å². The van der Waals surface area contributed by atoms with Crippen molar-refractivity contribution in [2.24, 2.45) is 23.7 Å². The van der Waals surface area contributed by atoms with Crippen LogP contribution < -0.4 is 0 Å². The molecule has 0 aromatic heterocycles. The molecule has 0 spiro atoms. The lowest BCUT2D eigenvalue weighted by atomic mass is 9.74. The van der Waals surface area contributed by atoms with Gasteiger partial charge in [-0.2, -0.15) is 0 Å². The number of ketones is 1. The first-order chi connectivity index (χ1) is 22.9. The maximum atomic E-state index is 13.9. The van der Waals surface area contributed by atoms with Crippen LogP contribution in [0.1, 0.15) is 88.5 Å². The van der Waals surface area contributed by atoms with E-state index in [1.807, 2.05) is 25.9 Å². The SMILES string of the molecule is COC1(C)CC(OC2[C@H](C)C(OC3O[C@H](C)CC(N(C)C)C3O)C(C)(O)C[C@@H](C)C(=O)C(C)C(O)C(C)(O)[C@@H](C)OC(=O)[C@@H]2C)O[C@@H](C)C1O. The fourth-order valence-corrected chi connectivity index (χ4v) is 8.00. The summed E-state index contributed by atoms with van der Waals surface area (Å²) in [5.41, 5.74) is -4.85. The van der Waals surface area contributed by atoms with Crippen molar-refractivity contribution >= 4 is 11.8 Å². The molecule has 0 amide bonds. The van der Waals surface area contributed by atoms with E-state index >= 15 is 0 Å². The first kappa shape index (κ1) is 43.1. The lowest BCUT2D eigenvalue weighted by Gasteiger charge is -2.49. The molecule has 0 aromatic carbocycles. The van der Waals surface area contributed by atoms with E-state index in [0.29, 0.717) is 6.42 Å². The lowest BCUT2D eigenvalue weighted by molar-refractivity contribution is -0.318. The summed E-state index contributed by atoms with van der Waals surface area (Å²) in [4.78, 5) is 29.5. The Balaban J connectivity index is 2.16. The van der Waals surface area contributed by atoms with Crippen molar-refractivity contribution < 1.29 is 63.5 Å². The average molecular weight is 720 g/mol. The summed E-state index contributed by atoms with van der Waals surface area (Å²) < 4.78 is 36.8. The van der Waals surface area contributed by atoms with Gasteiger partial charge < -0.3 is 58.9 Å². The van der Waals surface area contributed by atoms with Crippen molar-refractivity contribution in [2.45, 2.75) is 173 Å². The number of aliphatic hydroxyl groups excluding tert-OH is 3. The van der Waals surface area contributed by atoms with Crippen LogP contribution in [0.15, 0.2) is 0 Å². The van der Waals surface area contributed by atoms with Gasteiger partial charge in [0.1, 0.15) is 29.7 Å². The van der Waals surface area contributed by atoms with Gasteiger partial charge in [-0.15, -0.1) is 0 Å². The molecule has 0 aliphatic carbocycles. The lowest BCUT2D eigenvalue weighted by Crippen LogP contribution is -2.61. The number of hydrogen-bond donors (Lipinski definition) is 5. The minimum atomic E-state index is -2.00. The van der Waals surface area contributed by atoms with Gasteiger partial charge in [0.25, 0.3) is 0 Å². The molecule has 0 bridgehead atoms. The molecule has 14 nitrogen and oxygen atoms in total. The van der Waals surface area contributed by atoms with E-state index in [1.54, 1.807) is 34.6 Å². The number of esters is 1. The van der Waals surface area contributed by atoms with Crippen LogP contribution in [0.4, 0.5) is 0 Å². The summed E-state index contributed by atoms with van der Waals surface area (Å²) in [5.74, 6) is -5.00. The molecule has 5 N–H and O–H groups in total. The Morgan fingerprint density at radius 1 is 0.840 bits per heavy atom. The first-order valence-electron chi connectivity index (χ1n) is 18.0. The molecule has 12 unspecified atom stereocenters. The monoisotopic (exact) mass is 719 g/mol. The predicted octanol–water partition coefficient (Wildman–Crippen LogP) is 1.40. The molecule has 3 rings (SSSR count). The number of methoxy groups -OCH3 is 1. The van der Waals surface area contributed by atoms with Crippen LogP contribution in [0.3, 0.4) is 0 Å². The van der Waals surface area contributed by atoms with Gasteiger partial charge in [-0.25, -0.2) is 0 Å². The molecular formula is C36H65NO13. The number of cyclic esters (lactones) is 1. The second kappa shape index (κ2) is 16.4. The van der Waals surface area contributed by atoms with E-state index in [9.17, 15) is 35.1 Å². The number of aliphatic hydroxyl groups is 5. The smallest absolute Gasteiger partial charge is 0.311 e. The van der Waals surface area contributed by atoms with Crippen molar-refractivity contribution in [1.82, 2.24) is 4.90 Å². The van der Waals surface area contributed by atoms with Crippen molar-refractivity contribution in [3.63, 3.8) is 0 Å². The number of Topliss-reactive ketones (excluding diaryl/α,β-unsaturated/α-hetero) is 1. The van der Waals surface area contributed by atoms with Gasteiger partial charge in [-0.05, 0) is 75.4 Å². The van der Waals surface area contributed by atoms with Gasteiger partial charge in [-0.3, -0.25) is 9.59 Å². The van der Waals surface area contributed by atoms with Gasteiger partial charge in [0.2, 0.25) is 0 Å². The molecule has 14 heteroatoms. The van der Waals surface area contributed by atoms with E-state index in [2.05, 4.69) is 0 Å². The van der Waals surface area contributed by atoms with Crippen molar-refractivity contribution in [3.8, 4) is 0 Å². The molecule has 292 valence electrons. The van der Waals surface area contributed by atoms with Crippen LogP contribution in [0.2, 0.25) is 0 Å². The van der Waals surface area contributed by atoms with Gasteiger partial charge in [0.05, 0.1) is 47.6 Å². The fourth-order valence-electron chi connectivity index (χ4n) is 8.00. The number of carbonyl (C=O) groups excluding carboxylic acids is 2. The largest absolute Gasteiger partial charge is 0.459 e. The zero-order valence-electron chi connectivity index (χ0n) is 32.2. The summed E-state index contributed by atoms with van der Waals surface area (Å²) in [6, 6.07) is -0.323. The zero-order chi connectivity index (χ0) is 38.3. The standard InChI is InChI=1S/C36H65NO13/c1-17-15-34(8,43)31(50-33-27(39)24(37(11)12)14-18(2)46-33)20(4)28(49-25-16-35(9,45-13)30(41)22(6)47-25)21(5)32(42)48-23(7)36(10,44)29(40)19(3)26(17)38/h17-25,27-31,33,39-41,43-44H,14-16H2,1-13H3/t17-,18-,19?,20+,21-,22+,23-,24?,25?,27?,28?,29?,30?,31?,33?,34?,35?,36?/m1/s1. The third-order valence-corrected chi connectivity index (χ3v) is 11.7. The molecule has 0 radical (unpaired) electrons. The predicted molar refractivity (Wildman–Crippen MR) is 182 cm³/mol. The summed E-state index contributed by atoms with van der Waals surface area (Å²) >= 11 is 0. The normalized spacial score (nSPS) is 50.5. The Morgan fingerprint density at radius 3 is 2.00 bits per heavy atom. The molecule has 50 heavy (non-hydrogen) atoms. The van der Waals surface area contributed by atoms with Crippen LogP contribution in [0.25, 0.3) is 0 Å². The molecule has 0 saturated carbocycles. The number of carbonyl (C=O) groups is 2. The van der Waals surface area contributed by atoms with E-state index in [4.69, 9.17) is 28.4 Å². The van der Waals surface area contributed by atoms with Crippen LogP contribution in [0.5, 0.6) is 0 Å². The van der Waals surface area contributed by atoms with Crippen molar-refractivity contribution in [3.05, 3.63) is 0 Å². The Bertz CT molecular complexity index is 1150. The average Bonchev–Trinajstić information content (AvgIpc) is 3.03. The third-order valence-electron chi connectivity index (χ3n) is 11.7. The molecule has 3 aliphatic heterocycles. The highest BCUT2D eigenvalue weighted by molar-refractivity contribution is 5.83. The quantitative estimate of drug-likeness (QED) is 0.247. The highest BCUT2D eigenvalue weighted by atomic mass is 16.7. The van der Waals surface area contributed by atoms with E-state index in [0.717, 1.165) is 0 Å². The highest BCUT2D eigenvalue weighted by Gasteiger charge is 2.53. The van der Waals surface area contributed by atoms with Crippen LogP contribution in [-0.4, -0.2) is 148 Å². The minimum absolute atomic E-state index is 0.0924. The second-order valence-electron chi connectivity index (χ2n) is 16.2. The van der Waals surface area contributed by atoms with Crippen molar-refractivity contribution in [2.75, 3.05) is 21.2 Å². The number of nitrogens with zero attached hydrogens (tertiary/aromatic N) is 1. The molecule has 3 heterocycles. The molecule has 3 saturated heterocycles. The van der Waals surface area contributed by atoms with Gasteiger partial charge >= 0.3 is 5.97 Å². The summed E-state index contributed by atoms with van der Waals surface area (Å²) in [6.07, 6.45) is -9.90. The maximum Gasteiger partial charge on any atom is 0.311 e. The number of rotatable bonds is 6. The third kappa shape index (κ3) is 9.07.